The van der Waals surface area contributed by atoms with E-state index in [1.807, 2.05) is 0 Å². The van der Waals surface area contributed by atoms with Crippen LogP contribution in [0, 0.1) is 14.9 Å². The van der Waals surface area contributed by atoms with Crippen LogP contribution in [0.4, 0.5) is 0 Å². The van der Waals surface area contributed by atoms with Gasteiger partial charge in [0.15, 0.2) is 0 Å². The molecule has 16 heavy (non-hydrogen) atoms. The molecular weight excluding hydrogens is 273 g/mol. The molecule has 0 aliphatic heterocycles. The van der Waals surface area contributed by atoms with E-state index in [1.54, 1.807) is 0 Å². The SMILES string of the molecule is CC(C)(C)c1ccc(C(C)(C)C)[n-]1.[CH3-].[CH3-].[Zr+3]. The zero-order chi connectivity index (χ0) is 10.3. The van der Waals surface area contributed by atoms with E-state index in [1.165, 1.54) is 11.4 Å². The largest absolute Gasteiger partial charge is 3.00 e. The Bertz CT molecular complexity index is 258. The van der Waals surface area contributed by atoms with Crippen LogP contribution in [0.15, 0.2) is 12.1 Å². The molecule has 1 nitrogen and oxygen atoms in total. The average molecular weight is 300 g/mol. The third-order valence-electron chi connectivity index (χ3n) is 2.18. The van der Waals surface area contributed by atoms with Crippen LogP contribution < -0.4 is 4.98 Å². The molecule has 0 N–H and O–H groups in total. The number of aromatic nitrogens is 1. The van der Waals surface area contributed by atoms with Crippen molar-refractivity contribution in [3.63, 3.8) is 0 Å². The van der Waals surface area contributed by atoms with Gasteiger partial charge >= 0.3 is 26.2 Å². The summed E-state index contributed by atoms with van der Waals surface area (Å²) in [5.74, 6) is 0. The van der Waals surface area contributed by atoms with Gasteiger partial charge in [-0.05, 0) is 10.8 Å². The number of rotatable bonds is 0. The minimum atomic E-state index is 0. The van der Waals surface area contributed by atoms with Gasteiger partial charge in [-0.25, -0.2) is 0 Å². The van der Waals surface area contributed by atoms with Crippen molar-refractivity contribution in [3.8, 4) is 0 Å². The molecule has 1 radical (unpaired) electrons. The van der Waals surface area contributed by atoms with Crippen LogP contribution in [0.5, 0.6) is 0 Å². The van der Waals surface area contributed by atoms with Gasteiger partial charge < -0.3 is 19.8 Å². The van der Waals surface area contributed by atoms with Crippen LogP contribution in [0.2, 0.25) is 0 Å². The Morgan fingerprint density at radius 1 is 0.750 bits per heavy atom. The normalized spacial score (nSPS) is 10.9. The summed E-state index contributed by atoms with van der Waals surface area (Å²) < 4.78 is 0. The van der Waals surface area contributed by atoms with Crippen molar-refractivity contribution >= 4 is 0 Å². The molecule has 0 spiro atoms. The summed E-state index contributed by atoms with van der Waals surface area (Å²) >= 11 is 0. The second-order valence-electron chi connectivity index (χ2n) is 5.72. The Hall–Kier alpha value is 0.163. The fraction of sp³-hybridized carbons (Fsp3) is 0.571. The Balaban J connectivity index is -0.000000563. The van der Waals surface area contributed by atoms with E-state index in [4.69, 9.17) is 0 Å². The topological polar surface area (TPSA) is 14.1 Å². The molecule has 0 amide bonds. The predicted octanol–water partition coefficient (Wildman–Crippen LogP) is 4.14. The van der Waals surface area contributed by atoms with E-state index in [0.29, 0.717) is 0 Å². The van der Waals surface area contributed by atoms with Crippen molar-refractivity contribution in [2.75, 3.05) is 0 Å². The standard InChI is InChI=1S/C12H20N.2CH3.Zr/c1-11(2,3)9-7-8-10(13-9)12(4,5)6;;;/h7-8H,1-6H3;2*1H3;/q3*-1;+3. The molecule has 0 unspecified atom stereocenters. The van der Waals surface area contributed by atoms with Crippen molar-refractivity contribution in [2.45, 2.75) is 52.4 Å². The van der Waals surface area contributed by atoms with Crippen molar-refractivity contribution in [1.82, 2.24) is 4.98 Å². The minimum Gasteiger partial charge on any atom is -0.664 e. The summed E-state index contributed by atoms with van der Waals surface area (Å²) in [7, 11) is 0. The Labute approximate surface area is 122 Å². The molecule has 0 fully saturated rings. The van der Waals surface area contributed by atoms with E-state index >= 15 is 0 Å². The molecule has 1 rings (SSSR count). The van der Waals surface area contributed by atoms with Crippen LogP contribution >= 0.6 is 0 Å². The van der Waals surface area contributed by atoms with E-state index in [-0.39, 0.29) is 51.9 Å². The van der Waals surface area contributed by atoms with Gasteiger partial charge in [0.1, 0.15) is 0 Å². The second-order valence-corrected chi connectivity index (χ2v) is 5.72. The van der Waals surface area contributed by atoms with Gasteiger partial charge in [-0.1, -0.05) is 53.7 Å². The van der Waals surface area contributed by atoms with Gasteiger partial charge in [0.05, 0.1) is 0 Å². The molecule has 0 atom stereocenters. The van der Waals surface area contributed by atoms with Gasteiger partial charge in [-0.3, -0.25) is 0 Å². The van der Waals surface area contributed by atoms with Crippen LogP contribution in [0.1, 0.15) is 52.9 Å². The predicted molar refractivity (Wildman–Crippen MR) is 70.0 cm³/mol. The van der Waals surface area contributed by atoms with Gasteiger partial charge in [-0.2, -0.15) is 11.4 Å². The van der Waals surface area contributed by atoms with Crippen LogP contribution in [0.25, 0.3) is 0 Å². The Kier molecular flexibility index (Phi) is 9.10. The van der Waals surface area contributed by atoms with Crippen molar-refractivity contribution in [1.29, 1.82) is 0 Å². The quantitative estimate of drug-likeness (QED) is 0.657. The first-order chi connectivity index (χ1) is 5.71. The minimum absolute atomic E-state index is 0. The smallest absolute Gasteiger partial charge is 0.664 e. The molecule has 0 bridgehead atoms. The number of hydrogen-bond acceptors (Lipinski definition) is 0. The monoisotopic (exact) mass is 298 g/mol. The molecule has 0 saturated heterocycles. The number of hydrogen-bond donors (Lipinski definition) is 0. The van der Waals surface area contributed by atoms with Gasteiger partial charge in [0, 0.05) is 0 Å². The molecule has 91 valence electrons. The summed E-state index contributed by atoms with van der Waals surface area (Å²) in [6, 6.07) is 4.28. The first kappa shape index (κ1) is 21.4. The Morgan fingerprint density at radius 2 is 1.00 bits per heavy atom. The van der Waals surface area contributed by atoms with Gasteiger partial charge in [0.2, 0.25) is 0 Å². The first-order valence-electron chi connectivity index (χ1n) is 4.86. The maximum absolute atomic E-state index is 4.65. The van der Waals surface area contributed by atoms with E-state index in [0.717, 1.165) is 0 Å². The molecular formula is C14H26NZr. The summed E-state index contributed by atoms with van der Waals surface area (Å²) in [6.07, 6.45) is 0. The van der Waals surface area contributed by atoms with Crippen LogP contribution in [-0.2, 0) is 37.0 Å². The van der Waals surface area contributed by atoms with Gasteiger partial charge in [0.25, 0.3) is 0 Å². The summed E-state index contributed by atoms with van der Waals surface area (Å²) in [6.45, 7) is 13.2. The van der Waals surface area contributed by atoms with Crippen molar-refractivity contribution < 1.29 is 26.2 Å². The maximum Gasteiger partial charge on any atom is 3.00 e. The van der Waals surface area contributed by atoms with Crippen molar-refractivity contribution in [2.24, 2.45) is 0 Å². The summed E-state index contributed by atoms with van der Waals surface area (Å²) in [4.78, 5) is 4.65. The molecule has 0 saturated carbocycles. The number of nitrogens with zero attached hydrogens (tertiary/aromatic N) is 1. The third kappa shape index (κ3) is 5.48. The zero-order valence-corrected chi connectivity index (χ0v) is 14.6. The average Bonchev–Trinajstić information content (AvgIpc) is 2.28. The molecule has 2 heteroatoms. The first-order valence-corrected chi connectivity index (χ1v) is 4.86. The molecule has 0 aliphatic carbocycles. The zero-order valence-electron chi connectivity index (χ0n) is 12.1. The fourth-order valence-corrected chi connectivity index (χ4v) is 1.20. The molecule has 0 aliphatic rings. The second kappa shape index (κ2) is 6.79. The van der Waals surface area contributed by atoms with E-state index < -0.39 is 0 Å². The molecule has 1 aromatic heterocycles. The van der Waals surface area contributed by atoms with Crippen LogP contribution in [0.3, 0.4) is 0 Å². The van der Waals surface area contributed by atoms with Crippen LogP contribution in [-0.4, -0.2) is 0 Å². The van der Waals surface area contributed by atoms with Gasteiger partial charge in [-0.15, -0.1) is 0 Å². The van der Waals surface area contributed by atoms with E-state index in [9.17, 15) is 0 Å². The Morgan fingerprint density at radius 3 is 1.12 bits per heavy atom. The van der Waals surface area contributed by atoms with E-state index in [2.05, 4.69) is 58.7 Å². The summed E-state index contributed by atoms with van der Waals surface area (Å²) in [5, 5.41) is 0. The molecule has 0 aromatic carbocycles. The molecule has 1 aromatic rings. The van der Waals surface area contributed by atoms with Crippen molar-refractivity contribution in [3.05, 3.63) is 38.4 Å². The third-order valence-corrected chi connectivity index (χ3v) is 2.18. The fourth-order valence-electron chi connectivity index (χ4n) is 1.20. The summed E-state index contributed by atoms with van der Waals surface area (Å²) in [5.41, 5.74) is 2.72. The molecule has 1 heterocycles. The maximum atomic E-state index is 4.65.